The lowest BCUT2D eigenvalue weighted by atomic mass is 10.0. The van der Waals surface area contributed by atoms with Crippen LogP contribution in [-0.2, 0) is 24.4 Å². The van der Waals surface area contributed by atoms with Gasteiger partial charge in [0.15, 0.2) is 0 Å². The molecular formula is C21H22BrN5O6S. The molecule has 1 aliphatic rings. The Hall–Kier alpha value is -3.29. The monoisotopic (exact) mass is 551 g/mol. The molecule has 0 aliphatic carbocycles. The smallest absolute Gasteiger partial charge is 0.323 e. The van der Waals surface area contributed by atoms with Gasteiger partial charge in [0.05, 0.1) is 17.0 Å². The first-order chi connectivity index (χ1) is 16.1. The third-order valence-electron chi connectivity index (χ3n) is 4.90. The number of hydrogen-bond donors (Lipinski definition) is 5. The molecule has 0 spiro atoms. The van der Waals surface area contributed by atoms with E-state index in [4.69, 9.17) is 16.0 Å². The Morgan fingerprint density at radius 1 is 1.24 bits per heavy atom. The van der Waals surface area contributed by atoms with Crippen molar-refractivity contribution in [3.8, 4) is 0 Å². The number of carboxylic acid groups (broad SMARTS) is 1. The van der Waals surface area contributed by atoms with E-state index in [0.29, 0.717) is 17.7 Å². The number of carbonyl (C=O) groups is 2. The highest BCUT2D eigenvalue weighted by Gasteiger charge is 2.29. The molecular weight excluding hydrogens is 530 g/mol. The predicted molar refractivity (Wildman–Crippen MR) is 127 cm³/mol. The number of nitrogens with two attached hydrogens (primary N) is 1. The third kappa shape index (κ3) is 6.40. The van der Waals surface area contributed by atoms with Gasteiger partial charge in [0.2, 0.25) is 15.9 Å². The molecule has 2 aromatic rings. The van der Waals surface area contributed by atoms with Crippen LogP contribution in [0.3, 0.4) is 0 Å². The van der Waals surface area contributed by atoms with E-state index in [1.54, 1.807) is 30.3 Å². The highest BCUT2D eigenvalue weighted by molar-refractivity contribution is 9.10. The second kappa shape index (κ2) is 10.8. The van der Waals surface area contributed by atoms with Crippen molar-refractivity contribution in [2.45, 2.75) is 29.9 Å². The number of sulfonamides is 1. The van der Waals surface area contributed by atoms with Crippen LogP contribution in [0.1, 0.15) is 24.0 Å². The van der Waals surface area contributed by atoms with Gasteiger partial charge in [0.1, 0.15) is 18.0 Å². The predicted octanol–water partition coefficient (Wildman–Crippen LogP) is 1.16. The van der Waals surface area contributed by atoms with Gasteiger partial charge < -0.3 is 21.0 Å². The number of halogens is 1. The van der Waals surface area contributed by atoms with Crippen molar-refractivity contribution in [2.24, 2.45) is 10.9 Å². The summed E-state index contributed by atoms with van der Waals surface area (Å²) in [6.45, 7) is -0.454. The van der Waals surface area contributed by atoms with E-state index in [9.17, 15) is 23.1 Å². The summed E-state index contributed by atoms with van der Waals surface area (Å²) in [7, 11) is -4.15. The van der Waals surface area contributed by atoms with Crippen LogP contribution in [0.15, 0.2) is 63.1 Å². The molecule has 0 aromatic heterocycles. The number of amidine groups is 1. The van der Waals surface area contributed by atoms with Gasteiger partial charge in [0.25, 0.3) is 0 Å². The number of carboxylic acids is 1. The van der Waals surface area contributed by atoms with Crippen LogP contribution >= 0.6 is 15.9 Å². The number of amides is 1. The topological polar surface area (TPSA) is 184 Å². The average Bonchev–Trinajstić information content (AvgIpc) is 3.25. The van der Waals surface area contributed by atoms with Crippen molar-refractivity contribution in [1.29, 1.82) is 5.41 Å². The minimum absolute atomic E-state index is 0.0518. The van der Waals surface area contributed by atoms with Crippen LogP contribution in [0.2, 0.25) is 0 Å². The van der Waals surface area contributed by atoms with E-state index in [0.717, 1.165) is 5.56 Å². The molecule has 13 heteroatoms. The maximum absolute atomic E-state index is 12.5. The molecule has 180 valence electrons. The zero-order valence-electron chi connectivity index (χ0n) is 17.7. The number of benzene rings is 2. The Morgan fingerprint density at radius 2 is 1.91 bits per heavy atom. The maximum atomic E-state index is 12.5. The van der Waals surface area contributed by atoms with Crippen LogP contribution in [-0.4, -0.2) is 55.6 Å². The van der Waals surface area contributed by atoms with Gasteiger partial charge in [-0.3, -0.25) is 15.0 Å². The molecule has 2 aromatic carbocycles. The number of nitrogens with zero attached hydrogens (tertiary/aromatic N) is 1. The third-order valence-corrected chi connectivity index (χ3v) is 7.38. The van der Waals surface area contributed by atoms with Crippen LogP contribution in [0.4, 0.5) is 0 Å². The number of carbonyl (C=O) groups excluding carboxylic acids is 1. The van der Waals surface area contributed by atoms with Crippen molar-refractivity contribution >= 4 is 49.4 Å². The highest BCUT2D eigenvalue weighted by atomic mass is 79.9. The molecule has 2 atom stereocenters. The summed E-state index contributed by atoms with van der Waals surface area (Å²) in [5, 5.41) is 23.3. The number of nitrogens with one attached hydrogen (secondary N) is 3. The lowest BCUT2D eigenvalue weighted by Gasteiger charge is -2.17. The van der Waals surface area contributed by atoms with Gasteiger partial charge in [-0.25, -0.2) is 8.42 Å². The minimum atomic E-state index is -4.15. The summed E-state index contributed by atoms with van der Waals surface area (Å²) in [6, 6.07) is 11.3. The molecule has 1 unspecified atom stereocenters. The fraction of sp³-hybridized carbons (Fsp3) is 0.238. The quantitative estimate of drug-likeness (QED) is 0.216. The minimum Gasteiger partial charge on any atom is -0.480 e. The molecule has 0 fully saturated rings. The fourth-order valence-electron chi connectivity index (χ4n) is 3.14. The first-order valence-electron chi connectivity index (χ1n) is 10.0. The SMILES string of the molecule is N=C(N)c1ccc(C2=NOC(CC(=O)NC[C@H](NS(=O)(=O)c3ccccc3Br)C(=O)O)C2)cc1. The number of aliphatic carboxylic acids is 1. The van der Waals surface area contributed by atoms with Gasteiger partial charge in [-0.2, -0.15) is 4.72 Å². The van der Waals surface area contributed by atoms with E-state index in [1.165, 1.54) is 18.2 Å². The van der Waals surface area contributed by atoms with E-state index >= 15 is 0 Å². The number of rotatable bonds is 10. The van der Waals surface area contributed by atoms with Crippen molar-refractivity contribution in [2.75, 3.05) is 6.54 Å². The van der Waals surface area contributed by atoms with Crippen LogP contribution < -0.4 is 15.8 Å². The Balaban J connectivity index is 1.53. The molecule has 34 heavy (non-hydrogen) atoms. The van der Waals surface area contributed by atoms with Gasteiger partial charge in [0, 0.05) is 23.0 Å². The Bertz CT molecular complexity index is 1230. The second-order valence-electron chi connectivity index (χ2n) is 7.41. The molecule has 0 saturated carbocycles. The standard InChI is InChI=1S/C21H22BrN5O6S/c22-15-3-1-2-4-18(15)34(31,32)27-17(21(29)30)11-25-19(28)10-14-9-16(26-33-14)12-5-7-13(8-6-12)20(23)24/h1-8,14,17,27H,9-11H2,(H3,23,24)(H,25,28)(H,29,30)/t14?,17-/m0/s1. The normalized spacial score (nSPS) is 16.3. The fourth-order valence-corrected chi connectivity index (χ4v) is 5.33. The van der Waals surface area contributed by atoms with Gasteiger partial charge in [-0.1, -0.05) is 41.6 Å². The molecule has 0 saturated heterocycles. The molecule has 1 amide bonds. The zero-order valence-corrected chi connectivity index (χ0v) is 20.1. The van der Waals surface area contributed by atoms with Crippen LogP contribution in [0, 0.1) is 5.41 Å². The first kappa shape index (κ1) is 25.3. The number of oxime groups is 1. The number of hydrogen-bond acceptors (Lipinski definition) is 7. The summed E-state index contributed by atoms with van der Waals surface area (Å²) >= 11 is 3.13. The Labute approximate surface area is 204 Å². The molecule has 6 N–H and O–H groups in total. The molecule has 0 bridgehead atoms. The molecule has 3 rings (SSSR count). The Morgan fingerprint density at radius 3 is 2.53 bits per heavy atom. The number of nitrogen functional groups attached to an aromatic ring is 1. The average molecular weight is 552 g/mol. The van der Waals surface area contributed by atoms with E-state index in [1.807, 2.05) is 0 Å². The lowest BCUT2D eigenvalue weighted by molar-refractivity contribution is -0.138. The van der Waals surface area contributed by atoms with Crippen molar-refractivity contribution in [3.05, 3.63) is 64.1 Å². The van der Waals surface area contributed by atoms with Crippen molar-refractivity contribution in [3.63, 3.8) is 0 Å². The summed E-state index contributed by atoms with van der Waals surface area (Å²) in [4.78, 5) is 29.1. The molecule has 11 nitrogen and oxygen atoms in total. The van der Waals surface area contributed by atoms with Crippen LogP contribution in [0.5, 0.6) is 0 Å². The zero-order chi connectivity index (χ0) is 24.9. The van der Waals surface area contributed by atoms with Gasteiger partial charge in [-0.15, -0.1) is 0 Å². The summed E-state index contributed by atoms with van der Waals surface area (Å²) in [6.07, 6.45) is -0.297. The summed E-state index contributed by atoms with van der Waals surface area (Å²) in [5.41, 5.74) is 7.40. The van der Waals surface area contributed by atoms with E-state index < -0.39 is 40.6 Å². The van der Waals surface area contributed by atoms with Crippen LogP contribution in [0.25, 0.3) is 0 Å². The van der Waals surface area contributed by atoms with Crippen molar-refractivity contribution in [1.82, 2.24) is 10.0 Å². The van der Waals surface area contributed by atoms with Crippen molar-refractivity contribution < 1.29 is 28.0 Å². The maximum Gasteiger partial charge on any atom is 0.323 e. The van der Waals surface area contributed by atoms with Gasteiger partial charge in [-0.05, 0) is 33.6 Å². The summed E-state index contributed by atoms with van der Waals surface area (Å²) < 4.78 is 27.5. The lowest BCUT2D eigenvalue weighted by Crippen LogP contribution is -2.48. The largest absolute Gasteiger partial charge is 0.480 e. The second-order valence-corrected chi connectivity index (χ2v) is 9.95. The van der Waals surface area contributed by atoms with E-state index in [2.05, 4.69) is 31.1 Å². The summed E-state index contributed by atoms with van der Waals surface area (Å²) in [5.74, 6) is -2.00. The first-order valence-corrected chi connectivity index (χ1v) is 12.3. The Kier molecular flexibility index (Phi) is 8.02. The molecule has 0 radical (unpaired) electrons. The highest BCUT2D eigenvalue weighted by Crippen LogP contribution is 2.21. The van der Waals surface area contributed by atoms with Gasteiger partial charge >= 0.3 is 5.97 Å². The molecule has 1 heterocycles. The molecule has 1 aliphatic heterocycles. The van der Waals surface area contributed by atoms with E-state index in [-0.39, 0.29) is 21.6 Å².